The molecule has 4 aromatic rings. The molecule has 1 heterocycles. The number of carbonyl (C=O) groups is 2. The van der Waals surface area contributed by atoms with E-state index in [1.807, 2.05) is 43.3 Å². The minimum Gasteiger partial charge on any atom is -0.493 e. The number of carbonyl (C=O) groups excluding carboxylic acids is 2. The van der Waals surface area contributed by atoms with Gasteiger partial charge in [0.25, 0.3) is 11.8 Å². The zero-order valence-electron chi connectivity index (χ0n) is 22.2. The van der Waals surface area contributed by atoms with Gasteiger partial charge in [-0.05, 0) is 48.9 Å². The van der Waals surface area contributed by atoms with Crippen LogP contribution in [0.5, 0.6) is 17.2 Å². The van der Waals surface area contributed by atoms with Crippen LogP contribution >= 0.6 is 0 Å². The Morgan fingerprint density at radius 3 is 2.13 bits per heavy atom. The molecule has 0 unspecified atom stereocenters. The average Bonchev–Trinajstić information content (AvgIpc) is 3.44. The van der Waals surface area contributed by atoms with Gasteiger partial charge in [0.1, 0.15) is 17.2 Å². The topological polar surface area (TPSA) is 99.0 Å². The third-order valence-electron chi connectivity index (χ3n) is 5.96. The van der Waals surface area contributed by atoms with Crippen LogP contribution in [-0.4, -0.2) is 33.1 Å². The summed E-state index contributed by atoms with van der Waals surface area (Å²) in [7, 11) is 4.56. The molecule has 0 radical (unpaired) electrons. The van der Waals surface area contributed by atoms with Crippen molar-refractivity contribution in [1.82, 2.24) is 10.6 Å². The molecule has 8 heteroatoms. The van der Waals surface area contributed by atoms with Gasteiger partial charge in [-0.15, -0.1) is 0 Å². The van der Waals surface area contributed by atoms with Crippen molar-refractivity contribution in [3.8, 4) is 28.6 Å². The van der Waals surface area contributed by atoms with Crippen LogP contribution in [0.3, 0.4) is 0 Å². The molecule has 4 rings (SSSR count). The summed E-state index contributed by atoms with van der Waals surface area (Å²) < 4.78 is 22.1. The molecule has 3 aromatic carbocycles. The first-order chi connectivity index (χ1) is 18.9. The van der Waals surface area contributed by atoms with Gasteiger partial charge in [0, 0.05) is 23.7 Å². The van der Waals surface area contributed by atoms with Crippen molar-refractivity contribution in [3.63, 3.8) is 0 Å². The van der Waals surface area contributed by atoms with Crippen LogP contribution in [0, 0.1) is 6.92 Å². The molecule has 2 amide bonds. The molecule has 39 heavy (non-hydrogen) atoms. The molecule has 0 spiro atoms. The summed E-state index contributed by atoms with van der Waals surface area (Å²) in [6.45, 7) is 2.15. The zero-order valence-corrected chi connectivity index (χ0v) is 22.2. The van der Waals surface area contributed by atoms with Crippen LogP contribution in [0.4, 0.5) is 0 Å². The lowest BCUT2D eigenvalue weighted by Crippen LogP contribution is -2.34. The molecule has 0 bridgehead atoms. The van der Waals surface area contributed by atoms with Crippen LogP contribution in [0.1, 0.15) is 27.2 Å². The van der Waals surface area contributed by atoms with E-state index >= 15 is 0 Å². The molecular weight excluding hydrogens is 496 g/mol. The maximum atomic E-state index is 13.3. The number of furan rings is 1. The summed E-state index contributed by atoms with van der Waals surface area (Å²) in [5.74, 6) is 1.52. The smallest absolute Gasteiger partial charge is 0.268 e. The molecule has 0 aliphatic rings. The largest absolute Gasteiger partial charge is 0.493 e. The van der Waals surface area contributed by atoms with Gasteiger partial charge in [-0.1, -0.05) is 48.0 Å². The highest BCUT2D eigenvalue weighted by atomic mass is 16.5. The quantitative estimate of drug-likeness (QED) is 0.270. The van der Waals surface area contributed by atoms with Crippen molar-refractivity contribution in [1.29, 1.82) is 0 Å². The number of amides is 2. The van der Waals surface area contributed by atoms with Crippen LogP contribution in [0.25, 0.3) is 17.4 Å². The van der Waals surface area contributed by atoms with Gasteiger partial charge < -0.3 is 29.3 Å². The fourth-order valence-electron chi connectivity index (χ4n) is 3.90. The van der Waals surface area contributed by atoms with Gasteiger partial charge in [-0.2, -0.15) is 0 Å². The number of ether oxygens (including phenoxy) is 3. The van der Waals surface area contributed by atoms with Gasteiger partial charge in [0.2, 0.25) is 5.75 Å². The number of aryl methyl sites for hydroxylation is 1. The molecule has 2 N–H and O–H groups in total. The Hall–Kier alpha value is -4.98. The summed E-state index contributed by atoms with van der Waals surface area (Å²) in [6.07, 6.45) is 1.50. The van der Waals surface area contributed by atoms with E-state index in [4.69, 9.17) is 18.6 Å². The van der Waals surface area contributed by atoms with Crippen LogP contribution in [-0.2, 0) is 11.3 Å². The summed E-state index contributed by atoms with van der Waals surface area (Å²) >= 11 is 0. The Labute approximate surface area is 227 Å². The minimum atomic E-state index is -0.499. The molecule has 0 saturated carbocycles. The van der Waals surface area contributed by atoms with E-state index in [1.54, 1.807) is 42.5 Å². The molecule has 1 aromatic heterocycles. The highest BCUT2D eigenvalue weighted by molar-refractivity contribution is 6.05. The standard InChI is InChI=1S/C31H30N2O6/c1-20-10-12-22(13-11-20)26-15-14-24(39-26)18-25(33-30(34)23-8-6-5-7-9-23)31(35)32-19-21-16-27(36-2)29(38-4)28(17-21)37-3/h5-18H,19H2,1-4H3,(H,32,35)(H,33,34)/b25-18+. The lowest BCUT2D eigenvalue weighted by atomic mass is 10.1. The fourth-order valence-corrected chi connectivity index (χ4v) is 3.90. The Morgan fingerprint density at radius 2 is 1.51 bits per heavy atom. The van der Waals surface area contributed by atoms with E-state index in [0.717, 1.165) is 11.1 Å². The van der Waals surface area contributed by atoms with Gasteiger partial charge >= 0.3 is 0 Å². The highest BCUT2D eigenvalue weighted by Gasteiger charge is 2.18. The molecule has 8 nitrogen and oxygen atoms in total. The highest BCUT2D eigenvalue weighted by Crippen LogP contribution is 2.38. The predicted molar refractivity (Wildman–Crippen MR) is 149 cm³/mol. The number of rotatable bonds is 10. The van der Waals surface area contributed by atoms with Crippen LogP contribution in [0.2, 0.25) is 0 Å². The number of nitrogens with one attached hydrogen (secondary N) is 2. The SMILES string of the molecule is COc1cc(CNC(=O)/C(=C\c2ccc(-c3ccc(C)cc3)o2)NC(=O)c2ccccc2)cc(OC)c1OC. The van der Waals surface area contributed by atoms with E-state index in [-0.39, 0.29) is 12.2 Å². The Bertz CT molecular complexity index is 1450. The maximum Gasteiger partial charge on any atom is 0.268 e. The molecule has 0 aliphatic heterocycles. The first-order valence-electron chi connectivity index (χ1n) is 12.2. The monoisotopic (exact) mass is 526 g/mol. The fraction of sp³-hybridized carbons (Fsp3) is 0.161. The van der Waals surface area contributed by atoms with Crippen LogP contribution in [0.15, 0.2) is 89.0 Å². The minimum absolute atomic E-state index is 0.0288. The van der Waals surface area contributed by atoms with Crippen molar-refractivity contribution in [2.75, 3.05) is 21.3 Å². The Kier molecular flexibility index (Phi) is 8.68. The molecule has 0 saturated heterocycles. The third kappa shape index (κ3) is 6.67. The normalized spacial score (nSPS) is 11.0. The van der Waals surface area contributed by atoms with E-state index in [2.05, 4.69) is 10.6 Å². The first kappa shape index (κ1) is 27.1. The van der Waals surface area contributed by atoms with Crippen LogP contribution < -0.4 is 24.8 Å². The first-order valence-corrected chi connectivity index (χ1v) is 12.2. The number of benzene rings is 3. The number of hydrogen-bond acceptors (Lipinski definition) is 6. The van der Waals surface area contributed by atoms with E-state index in [1.165, 1.54) is 27.4 Å². The summed E-state index contributed by atoms with van der Waals surface area (Å²) in [6, 6.07) is 23.6. The van der Waals surface area contributed by atoms with Crippen molar-refractivity contribution in [2.45, 2.75) is 13.5 Å². The summed E-state index contributed by atoms with van der Waals surface area (Å²) in [4.78, 5) is 26.2. The predicted octanol–water partition coefficient (Wildman–Crippen LogP) is 5.37. The van der Waals surface area contributed by atoms with Gasteiger partial charge in [-0.25, -0.2) is 0 Å². The molecule has 200 valence electrons. The molecule has 0 fully saturated rings. The van der Waals surface area contributed by atoms with Crippen molar-refractivity contribution in [2.24, 2.45) is 0 Å². The zero-order chi connectivity index (χ0) is 27.8. The Balaban J connectivity index is 1.59. The van der Waals surface area contributed by atoms with Crippen molar-refractivity contribution < 1.29 is 28.2 Å². The van der Waals surface area contributed by atoms with Gasteiger partial charge in [0.15, 0.2) is 11.5 Å². The second kappa shape index (κ2) is 12.5. The summed E-state index contributed by atoms with van der Waals surface area (Å²) in [5.41, 5.74) is 3.20. The maximum absolute atomic E-state index is 13.3. The van der Waals surface area contributed by atoms with Crippen molar-refractivity contribution >= 4 is 17.9 Å². The second-order valence-electron chi connectivity index (χ2n) is 8.66. The molecule has 0 atom stereocenters. The number of hydrogen-bond donors (Lipinski definition) is 2. The Morgan fingerprint density at radius 1 is 0.846 bits per heavy atom. The number of methoxy groups -OCH3 is 3. The third-order valence-corrected chi connectivity index (χ3v) is 5.96. The molecular formula is C31H30N2O6. The summed E-state index contributed by atoms with van der Waals surface area (Å²) in [5, 5.41) is 5.56. The van der Waals surface area contributed by atoms with Gasteiger partial charge in [0.05, 0.1) is 21.3 Å². The van der Waals surface area contributed by atoms with E-state index in [0.29, 0.717) is 39.9 Å². The second-order valence-corrected chi connectivity index (χ2v) is 8.66. The van der Waals surface area contributed by atoms with Crippen molar-refractivity contribution in [3.05, 3.63) is 107 Å². The lowest BCUT2D eigenvalue weighted by Gasteiger charge is -2.15. The molecule has 0 aliphatic carbocycles. The van der Waals surface area contributed by atoms with Gasteiger partial charge in [-0.3, -0.25) is 9.59 Å². The van der Waals surface area contributed by atoms with E-state index in [9.17, 15) is 9.59 Å². The van der Waals surface area contributed by atoms with E-state index < -0.39 is 11.8 Å². The lowest BCUT2D eigenvalue weighted by molar-refractivity contribution is -0.117. The average molecular weight is 527 g/mol.